The van der Waals surface area contributed by atoms with E-state index >= 15 is 0 Å². The van der Waals surface area contributed by atoms with E-state index in [0.29, 0.717) is 24.3 Å². The average Bonchev–Trinajstić information content (AvgIpc) is 2.28. The van der Waals surface area contributed by atoms with Crippen molar-refractivity contribution in [3.8, 4) is 0 Å². The minimum Gasteiger partial charge on any atom is -0.340 e. The largest absolute Gasteiger partial charge is 0.340 e. The van der Waals surface area contributed by atoms with Gasteiger partial charge in [-0.3, -0.25) is 4.79 Å². The molecule has 1 heterocycles. The molecule has 0 spiro atoms. The van der Waals surface area contributed by atoms with Crippen LogP contribution in [0.1, 0.15) is 59.3 Å². The molecule has 1 fully saturated rings. The molecular formula is C14H28N2O. The number of hydrogen-bond donors (Lipinski definition) is 1. The molecule has 1 aliphatic heterocycles. The van der Waals surface area contributed by atoms with Crippen molar-refractivity contribution in [3.63, 3.8) is 0 Å². The molecule has 0 aromatic rings. The highest BCUT2D eigenvalue weighted by Gasteiger charge is 2.27. The third kappa shape index (κ3) is 4.66. The van der Waals surface area contributed by atoms with Crippen LogP contribution in [-0.4, -0.2) is 29.4 Å². The fraction of sp³-hybridized carbons (Fsp3) is 0.929. The molecule has 1 aliphatic rings. The lowest BCUT2D eigenvalue weighted by molar-refractivity contribution is -0.136. The molecule has 0 aliphatic carbocycles. The first-order valence-electron chi connectivity index (χ1n) is 7.09. The summed E-state index contributed by atoms with van der Waals surface area (Å²) < 4.78 is 0. The van der Waals surface area contributed by atoms with Gasteiger partial charge in [0, 0.05) is 25.0 Å². The van der Waals surface area contributed by atoms with Crippen molar-refractivity contribution < 1.29 is 4.79 Å². The van der Waals surface area contributed by atoms with Crippen LogP contribution in [0.2, 0.25) is 0 Å². The number of hydrogen-bond acceptors (Lipinski definition) is 2. The zero-order valence-corrected chi connectivity index (χ0v) is 11.6. The maximum absolute atomic E-state index is 12.2. The fourth-order valence-corrected chi connectivity index (χ4v) is 2.56. The summed E-state index contributed by atoms with van der Waals surface area (Å²) in [5, 5.41) is 0. The predicted octanol–water partition coefficient (Wildman–Crippen LogP) is 2.54. The number of amides is 1. The zero-order chi connectivity index (χ0) is 12.8. The Hall–Kier alpha value is -0.570. The van der Waals surface area contributed by atoms with Gasteiger partial charge in [0.2, 0.25) is 5.91 Å². The van der Waals surface area contributed by atoms with Crippen LogP contribution in [0.25, 0.3) is 0 Å². The molecule has 100 valence electrons. The van der Waals surface area contributed by atoms with E-state index in [1.54, 1.807) is 0 Å². The lowest BCUT2D eigenvalue weighted by atomic mass is 9.95. The van der Waals surface area contributed by atoms with E-state index in [1.165, 1.54) is 6.42 Å². The molecule has 1 saturated heterocycles. The van der Waals surface area contributed by atoms with Crippen molar-refractivity contribution >= 4 is 5.91 Å². The molecular weight excluding hydrogens is 212 g/mol. The third-order valence-electron chi connectivity index (χ3n) is 3.81. The van der Waals surface area contributed by atoms with Gasteiger partial charge in [-0.25, -0.2) is 0 Å². The fourth-order valence-electron chi connectivity index (χ4n) is 2.56. The summed E-state index contributed by atoms with van der Waals surface area (Å²) in [4.78, 5) is 14.3. The first-order valence-corrected chi connectivity index (χ1v) is 7.09. The van der Waals surface area contributed by atoms with Gasteiger partial charge in [-0.1, -0.05) is 20.3 Å². The summed E-state index contributed by atoms with van der Waals surface area (Å²) >= 11 is 0. The molecule has 0 saturated carbocycles. The minimum atomic E-state index is 0.192. The summed E-state index contributed by atoms with van der Waals surface area (Å²) in [5.41, 5.74) is 5.88. The van der Waals surface area contributed by atoms with Crippen molar-refractivity contribution in [2.45, 2.75) is 71.4 Å². The summed E-state index contributed by atoms with van der Waals surface area (Å²) in [6.45, 7) is 7.27. The normalized spacial score (nSPS) is 24.5. The molecule has 1 rings (SSSR count). The van der Waals surface area contributed by atoms with Gasteiger partial charge in [0.1, 0.15) is 0 Å². The van der Waals surface area contributed by atoms with Crippen molar-refractivity contribution in [2.24, 2.45) is 11.7 Å². The number of likely N-dealkylation sites (tertiary alicyclic amines) is 1. The first kappa shape index (κ1) is 14.5. The van der Waals surface area contributed by atoms with E-state index in [9.17, 15) is 4.79 Å². The van der Waals surface area contributed by atoms with E-state index in [-0.39, 0.29) is 6.04 Å². The van der Waals surface area contributed by atoms with Gasteiger partial charge in [0.05, 0.1) is 0 Å². The summed E-state index contributed by atoms with van der Waals surface area (Å²) in [6.07, 6.45) is 6.26. The molecule has 0 aromatic heterocycles. The molecule has 0 radical (unpaired) electrons. The predicted molar refractivity (Wildman–Crippen MR) is 71.7 cm³/mol. The smallest absolute Gasteiger partial charge is 0.223 e. The van der Waals surface area contributed by atoms with E-state index in [1.807, 2.05) is 6.92 Å². The summed E-state index contributed by atoms with van der Waals surface area (Å²) in [5.74, 6) is 0.838. The molecule has 2 N–H and O–H groups in total. The number of carbonyl (C=O) groups is 1. The van der Waals surface area contributed by atoms with Crippen LogP contribution in [0.3, 0.4) is 0 Å². The Bertz CT molecular complexity index is 240. The number of piperidine rings is 1. The highest BCUT2D eigenvalue weighted by atomic mass is 16.2. The Labute approximate surface area is 106 Å². The third-order valence-corrected chi connectivity index (χ3v) is 3.81. The lowest BCUT2D eigenvalue weighted by Crippen LogP contribution is -2.46. The van der Waals surface area contributed by atoms with Gasteiger partial charge < -0.3 is 10.6 Å². The lowest BCUT2D eigenvalue weighted by Gasteiger charge is -2.37. The number of nitrogens with zero attached hydrogens (tertiary/aromatic N) is 1. The Morgan fingerprint density at radius 2 is 2.12 bits per heavy atom. The van der Waals surface area contributed by atoms with Crippen LogP contribution >= 0.6 is 0 Å². The van der Waals surface area contributed by atoms with E-state index < -0.39 is 0 Å². The second-order valence-electron chi connectivity index (χ2n) is 5.67. The maximum Gasteiger partial charge on any atom is 0.223 e. The van der Waals surface area contributed by atoms with Crippen molar-refractivity contribution in [1.29, 1.82) is 0 Å². The quantitative estimate of drug-likeness (QED) is 0.802. The van der Waals surface area contributed by atoms with Crippen LogP contribution in [-0.2, 0) is 4.79 Å². The first-order chi connectivity index (χ1) is 8.04. The number of carbonyl (C=O) groups excluding carboxylic acids is 1. The standard InChI is InChI=1S/C14H28N2O/c1-4-11(2)9-14(17)16-8-6-5-7-13(16)10-12(3)15/h11-13H,4-10,15H2,1-3H3. The molecule has 0 aromatic carbocycles. The molecule has 3 heteroatoms. The van der Waals surface area contributed by atoms with Crippen LogP contribution in [0, 0.1) is 5.92 Å². The van der Waals surface area contributed by atoms with Crippen molar-refractivity contribution in [2.75, 3.05) is 6.54 Å². The summed E-state index contributed by atoms with van der Waals surface area (Å²) in [6, 6.07) is 0.581. The minimum absolute atomic E-state index is 0.192. The molecule has 1 amide bonds. The number of nitrogens with two attached hydrogens (primary N) is 1. The maximum atomic E-state index is 12.2. The van der Waals surface area contributed by atoms with Gasteiger partial charge >= 0.3 is 0 Å². The molecule has 17 heavy (non-hydrogen) atoms. The van der Waals surface area contributed by atoms with E-state index in [2.05, 4.69) is 18.7 Å². The Morgan fingerprint density at radius 1 is 1.41 bits per heavy atom. The Morgan fingerprint density at radius 3 is 2.71 bits per heavy atom. The average molecular weight is 240 g/mol. The second kappa shape index (κ2) is 7.00. The van der Waals surface area contributed by atoms with Gasteiger partial charge in [-0.15, -0.1) is 0 Å². The molecule has 3 atom stereocenters. The van der Waals surface area contributed by atoms with Crippen molar-refractivity contribution in [3.05, 3.63) is 0 Å². The molecule has 0 bridgehead atoms. The highest BCUT2D eigenvalue weighted by molar-refractivity contribution is 5.76. The van der Waals surface area contributed by atoms with Gasteiger partial charge in [-0.05, 0) is 38.5 Å². The monoisotopic (exact) mass is 240 g/mol. The molecule has 3 nitrogen and oxygen atoms in total. The van der Waals surface area contributed by atoms with Crippen LogP contribution in [0.5, 0.6) is 0 Å². The molecule has 3 unspecified atom stereocenters. The zero-order valence-electron chi connectivity index (χ0n) is 11.6. The highest BCUT2D eigenvalue weighted by Crippen LogP contribution is 2.22. The van der Waals surface area contributed by atoms with Crippen LogP contribution in [0.4, 0.5) is 0 Å². The number of rotatable bonds is 5. The van der Waals surface area contributed by atoms with Gasteiger partial charge in [0.15, 0.2) is 0 Å². The topological polar surface area (TPSA) is 46.3 Å². The Kier molecular flexibility index (Phi) is 5.96. The second-order valence-corrected chi connectivity index (χ2v) is 5.67. The van der Waals surface area contributed by atoms with E-state index in [0.717, 1.165) is 32.2 Å². The van der Waals surface area contributed by atoms with E-state index in [4.69, 9.17) is 5.73 Å². The van der Waals surface area contributed by atoms with Gasteiger partial charge in [0.25, 0.3) is 0 Å². The van der Waals surface area contributed by atoms with Crippen LogP contribution in [0.15, 0.2) is 0 Å². The Balaban J connectivity index is 2.54. The van der Waals surface area contributed by atoms with Crippen molar-refractivity contribution in [1.82, 2.24) is 4.90 Å². The van der Waals surface area contributed by atoms with Gasteiger partial charge in [-0.2, -0.15) is 0 Å². The summed E-state index contributed by atoms with van der Waals surface area (Å²) in [7, 11) is 0. The SMILES string of the molecule is CCC(C)CC(=O)N1CCCCC1CC(C)N. The van der Waals surface area contributed by atoms with Crippen LogP contribution < -0.4 is 5.73 Å².